The molecule has 0 bridgehead atoms. The molecule has 0 aromatic carbocycles. The first-order valence-electron chi connectivity index (χ1n) is 13.7. The molecule has 0 fully saturated rings. The predicted octanol–water partition coefficient (Wildman–Crippen LogP) is 9.61. The van der Waals surface area contributed by atoms with Gasteiger partial charge in [-0.3, -0.25) is 0 Å². The highest BCUT2D eigenvalue weighted by Gasteiger charge is 2.08. The molecule has 0 saturated heterocycles. The normalized spacial score (nSPS) is 11.4. The summed E-state index contributed by atoms with van der Waals surface area (Å²) >= 11 is 0. The summed E-state index contributed by atoms with van der Waals surface area (Å²) in [7, 11) is 0. The minimum Gasteiger partial charge on any atom is -0.317 e. The fourth-order valence-corrected chi connectivity index (χ4v) is 4.38. The first-order chi connectivity index (χ1) is 14.3. The van der Waals surface area contributed by atoms with Crippen LogP contribution in [0.2, 0.25) is 0 Å². The van der Waals surface area contributed by atoms with E-state index in [0.717, 1.165) is 5.92 Å². The molecule has 0 saturated carbocycles. The van der Waals surface area contributed by atoms with Gasteiger partial charge in [-0.25, -0.2) is 0 Å². The smallest absolute Gasteiger partial charge is 0.00489 e. The van der Waals surface area contributed by atoms with Crippen molar-refractivity contribution >= 4 is 0 Å². The van der Waals surface area contributed by atoms with Gasteiger partial charge in [0.05, 0.1) is 0 Å². The minimum absolute atomic E-state index is 1.03. The Bertz CT molecular complexity index is 287. The molecule has 0 spiro atoms. The standard InChI is InChI=1S/C28H57N/c1-4-7-10-16-21-26-29-27-22-17-14-13-15-20-25-28(23-18-11-8-5-2)24-19-12-9-6-3/h4,28-29H,1,5-27H2,2-3H3. The van der Waals surface area contributed by atoms with E-state index >= 15 is 0 Å². The molecular weight excluding hydrogens is 350 g/mol. The summed E-state index contributed by atoms with van der Waals surface area (Å²) in [5.74, 6) is 1.03. The van der Waals surface area contributed by atoms with E-state index in [-0.39, 0.29) is 0 Å². The summed E-state index contributed by atoms with van der Waals surface area (Å²) < 4.78 is 0. The van der Waals surface area contributed by atoms with Crippen LogP contribution in [0.4, 0.5) is 0 Å². The molecule has 0 aliphatic heterocycles. The zero-order valence-electron chi connectivity index (χ0n) is 20.6. The van der Waals surface area contributed by atoms with E-state index in [9.17, 15) is 0 Å². The van der Waals surface area contributed by atoms with E-state index in [4.69, 9.17) is 0 Å². The zero-order valence-corrected chi connectivity index (χ0v) is 20.6. The molecule has 1 N–H and O–H groups in total. The molecule has 1 nitrogen and oxygen atoms in total. The lowest BCUT2D eigenvalue weighted by Crippen LogP contribution is -2.16. The quantitative estimate of drug-likeness (QED) is 0.117. The van der Waals surface area contributed by atoms with Crippen molar-refractivity contribution in [2.75, 3.05) is 13.1 Å². The Hall–Kier alpha value is -0.300. The van der Waals surface area contributed by atoms with Crippen LogP contribution in [0.15, 0.2) is 12.7 Å². The minimum atomic E-state index is 1.03. The van der Waals surface area contributed by atoms with Crippen molar-refractivity contribution in [3.05, 3.63) is 12.7 Å². The first-order valence-corrected chi connectivity index (χ1v) is 13.7. The van der Waals surface area contributed by atoms with Crippen molar-refractivity contribution in [3.8, 4) is 0 Å². The summed E-state index contributed by atoms with van der Waals surface area (Å²) in [4.78, 5) is 0. The highest BCUT2D eigenvalue weighted by Crippen LogP contribution is 2.24. The lowest BCUT2D eigenvalue weighted by molar-refractivity contribution is 0.367. The Kier molecular flexibility index (Phi) is 25.5. The molecular formula is C28H57N. The highest BCUT2D eigenvalue weighted by molar-refractivity contribution is 4.65. The van der Waals surface area contributed by atoms with Gasteiger partial charge < -0.3 is 5.32 Å². The third kappa shape index (κ3) is 23.8. The van der Waals surface area contributed by atoms with Crippen molar-refractivity contribution < 1.29 is 0 Å². The summed E-state index contributed by atoms with van der Waals surface area (Å²) in [5, 5.41) is 3.61. The summed E-state index contributed by atoms with van der Waals surface area (Å²) in [6.45, 7) is 10.9. The van der Waals surface area contributed by atoms with Crippen molar-refractivity contribution in [1.29, 1.82) is 0 Å². The van der Waals surface area contributed by atoms with Crippen LogP contribution in [-0.4, -0.2) is 13.1 Å². The van der Waals surface area contributed by atoms with E-state index in [2.05, 4.69) is 25.7 Å². The van der Waals surface area contributed by atoms with E-state index in [0.29, 0.717) is 0 Å². The molecule has 0 unspecified atom stereocenters. The van der Waals surface area contributed by atoms with Crippen LogP contribution in [0.1, 0.15) is 149 Å². The number of allylic oxidation sites excluding steroid dienone is 1. The van der Waals surface area contributed by atoms with Crippen LogP contribution >= 0.6 is 0 Å². The van der Waals surface area contributed by atoms with Gasteiger partial charge in [0, 0.05) is 0 Å². The van der Waals surface area contributed by atoms with Crippen molar-refractivity contribution in [2.24, 2.45) is 5.92 Å². The van der Waals surface area contributed by atoms with E-state index in [1.165, 1.54) is 148 Å². The van der Waals surface area contributed by atoms with Gasteiger partial charge in [-0.15, -0.1) is 6.58 Å². The summed E-state index contributed by atoms with van der Waals surface area (Å²) in [6.07, 6.45) is 31.8. The largest absolute Gasteiger partial charge is 0.317 e. The van der Waals surface area contributed by atoms with Crippen LogP contribution in [0.5, 0.6) is 0 Å². The highest BCUT2D eigenvalue weighted by atomic mass is 14.8. The zero-order chi connectivity index (χ0) is 21.3. The van der Waals surface area contributed by atoms with Crippen LogP contribution in [0.3, 0.4) is 0 Å². The molecule has 0 rings (SSSR count). The maximum Gasteiger partial charge on any atom is -0.00489 e. The van der Waals surface area contributed by atoms with E-state index < -0.39 is 0 Å². The Labute approximate surface area is 185 Å². The summed E-state index contributed by atoms with van der Waals surface area (Å²) in [5.41, 5.74) is 0. The van der Waals surface area contributed by atoms with Gasteiger partial charge in [-0.1, -0.05) is 129 Å². The number of rotatable bonds is 25. The molecule has 29 heavy (non-hydrogen) atoms. The van der Waals surface area contributed by atoms with Crippen molar-refractivity contribution in [1.82, 2.24) is 5.32 Å². The van der Waals surface area contributed by atoms with E-state index in [1.807, 2.05) is 6.08 Å². The number of unbranched alkanes of at least 4 members (excludes halogenated alkanes) is 14. The third-order valence-corrected chi connectivity index (χ3v) is 6.41. The van der Waals surface area contributed by atoms with Crippen molar-refractivity contribution in [3.63, 3.8) is 0 Å². The molecule has 0 amide bonds. The molecule has 0 atom stereocenters. The van der Waals surface area contributed by atoms with Crippen molar-refractivity contribution in [2.45, 2.75) is 149 Å². The second-order valence-corrected chi connectivity index (χ2v) is 9.36. The van der Waals surface area contributed by atoms with Gasteiger partial charge in [0.15, 0.2) is 0 Å². The molecule has 0 aliphatic carbocycles. The van der Waals surface area contributed by atoms with E-state index in [1.54, 1.807) is 0 Å². The Morgan fingerprint density at radius 3 is 1.45 bits per heavy atom. The number of nitrogens with one attached hydrogen (secondary N) is 1. The molecule has 0 aromatic rings. The second-order valence-electron chi connectivity index (χ2n) is 9.36. The molecule has 0 heterocycles. The first kappa shape index (κ1) is 28.7. The SMILES string of the molecule is C=CCCCCCNCCCCCCCCC(CCCCCC)CCCCCC. The van der Waals surface area contributed by atoms with Gasteiger partial charge >= 0.3 is 0 Å². The average molecular weight is 408 g/mol. The molecule has 174 valence electrons. The lowest BCUT2D eigenvalue weighted by Gasteiger charge is -2.17. The molecule has 0 aromatic heterocycles. The van der Waals surface area contributed by atoms with Crippen LogP contribution in [-0.2, 0) is 0 Å². The number of hydrogen-bond acceptors (Lipinski definition) is 1. The van der Waals surface area contributed by atoms with Gasteiger partial charge in [-0.2, -0.15) is 0 Å². The monoisotopic (exact) mass is 407 g/mol. The molecule has 0 aliphatic rings. The molecule has 1 heteroatoms. The van der Waals surface area contributed by atoms with Gasteiger partial charge in [-0.05, 0) is 44.7 Å². The third-order valence-electron chi connectivity index (χ3n) is 6.41. The second kappa shape index (κ2) is 25.7. The van der Waals surface area contributed by atoms with Crippen LogP contribution in [0.25, 0.3) is 0 Å². The Morgan fingerprint density at radius 2 is 0.966 bits per heavy atom. The fraction of sp³-hybridized carbons (Fsp3) is 0.929. The average Bonchev–Trinajstić information content (AvgIpc) is 2.73. The predicted molar refractivity (Wildman–Crippen MR) is 135 cm³/mol. The van der Waals surface area contributed by atoms with Crippen LogP contribution < -0.4 is 5.32 Å². The maximum absolute atomic E-state index is 3.78. The van der Waals surface area contributed by atoms with Gasteiger partial charge in [0.1, 0.15) is 0 Å². The summed E-state index contributed by atoms with van der Waals surface area (Å²) in [6, 6.07) is 0. The Morgan fingerprint density at radius 1 is 0.552 bits per heavy atom. The Balaban J connectivity index is 3.51. The van der Waals surface area contributed by atoms with Gasteiger partial charge in [0.2, 0.25) is 0 Å². The molecule has 0 radical (unpaired) electrons. The topological polar surface area (TPSA) is 12.0 Å². The maximum atomic E-state index is 3.78. The van der Waals surface area contributed by atoms with Gasteiger partial charge in [0.25, 0.3) is 0 Å². The van der Waals surface area contributed by atoms with Crippen LogP contribution in [0, 0.1) is 5.92 Å². The lowest BCUT2D eigenvalue weighted by atomic mass is 9.89. The number of hydrogen-bond donors (Lipinski definition) is 1. The fourth-order valence-electron chi connectivity index (χ4n) is 4.38.